The molecule has 106 valence electrons. The summed E-state index contributed by atoms with van der Waals surface area (Å²) in [5.41, 5.74) is 4.03. The lowest BCUT2D eigenvalue weighted by Crippen LogP contribution is -2.27. The van der Waals surface area contributed by atoms with E-state index in [-0.39, 0.29) is 0 Å². The molecule has 0 bridgehead atoms. The van der Waals surface area contributed by atoms with Gasteiger partial charge >= 0.3 is 0 Å². The molecule has 0 amide bonds. The summed E-state index contributed by atoms with van der Waals surface area (Å²) in [6.07, 6.45) is 5.17. The Kier molecular flexibility index (Phi) is 5.26. The first-order chi connectivity index (χ1) is 9.19. The van der Waals surface area contributed by atoms with Crippen molar-refractivity contribution in [3.63, 3.8) is 0 Å². The molecule has 19 heavy (non-hydrogen) atoms. The highest BCUT2D eigenvalue weighted by atomic mass is 15.1. The zero-order chi connectivity index (χ0) is 13.7. The van der Waals surface area contributed by atoms with Crippen molar-refractivity contribution >= 4 is 5.69 Å². The molecule has 0 aliphatic carbocycles. The summed E-state index contributed by atoms with van der Waals surface area (Å²) < 4.78 is 0. The molecule has 0 aromatic heterocycles. The van der Waals surface area contributed by atoms with Crippen LogP contribution in [0.2, 0.25) is 0 Å². The molecule has 1 heterocycles. The minimum Gasteiger partial charge on any atom is -0.382 e. The smallest absolute Gasteiger partial charge is 0.0372 e. The van der Waals surface area contributed by atoms with Crippen LogP contribution in [0.4, 0.5) is 5.69 Å². The Labute approximate surface area is 118 Å². The second-order valence-electron chi connectivity index (χ2n) is 5.93. The van der Waals surface area contributed by atoms with Gasteiger partial charge in [0, 0.05) is 18.3 Å². The van der Waals surface area contributed by atoms with Gasteiger partial charge in [-0.1, -0.05) is 24.6 Å². The zero-order valence-corrected chi connectivity index (χ0v) is 12.7. The van der Waals surface area contributed by atoms with E-state index < -0.39 is 0 Å². The fraction of sp³-hybridized carbons (Fsp3) is 0.647. The molecular weight excluding hydrogens is 232 g/mol. The van der Waals surface area contributed by atoms with Crippen molar-refractivity contribution in [2.45, 2.75) is 52.5 Å². The highest BCUT2D eigenvalue weighted by Crippen LogP contribution is 2.21. The van der Waals surface area contributed by atoms with Crippen molar-refractivity contribution in [2.24, 2.45) is 0 Å². The van der Waals surface area contributed by atoms with Crippen LogP contribution in [0, 0.1) is 13.8 Å². The van der Waals surface area contributed by atoms with E-state index in [0.717, 1.165) is 0 Å². The normalized spacial score (nSPS) is 21.1. The number of rotatable bonds is 4. The van der Waals surface area contributed by atoms with E-state index in [4.69, 9.17) is 0 Å². The Balaban J connectivity index is 1.92. The van der Waals surface area contributed by atoms with Crippen LogP contribution in [0.5, 0.6) is 0 Å². The maximum Gasteiger partial charge on any atom is 0.0372 e. The lowest BCUT2D eigenvalue weighted by Gasteiger charge is -2.21. The Morgan fingerprint density at radius 3 is 2.79 bits per heavy atom. The number of hydrogen-bond acceptors (Lipinski definition) is 2. The van der Waals surface area contributed by atoms with Gasteiger partial charge in [-0.2, -0.15) is 0 Å². The summed E-state index contributed by atoms with van der Waals surface area (Å²) in [5.74, 6) is 0. The lowest BCUT2D eigenvalue weighted by molar-refractivity contribution is 0.285. The van der Waals surface area contributed by atoms with Crippen LogP contribution in [0.25, 0.3) is 0 Å². The van der Waals surface area contributed by atoms with E-state index in [9.17, 15) is 0 Å². The fourth-order valence-electron chi connectivity index (χ4n) is 3.04. The van der Waals surface area contributed by atoms with Gasteiger partial charge in [-0.15, -0.1) is 0 Å². The third-order valence-corrected chi connectivity index (χ3v) is 4.10. The van der Waals surface area contributed by atoms with Crippen molar-refractivity contribution in [1.29, 1.82) is 0 Å². The van der Waals surface area contributed by atoms with Crippen LogP contribution in [0.1, 0.15) is 43.7 Å². The third-order valence-electron chi connectivity index (χ3n) is 4.10. The van der Waals surface area contributed by atoms with Crippen LogP contribution < -0.4 is 5.32 Å². The average Bonchev–Trinajstić information content (AvgIpc) is 2.59. The summed E-state index contributed by atoms with van der Waals surface area (Å²) >= 11 is 0. The summed E-state index contributed by atoms with van der Waals surface area (Å²) in [4.78, 5) is 2.61. The number of likely N-dealkylation sites (tertiary alicyclic amines) is 1. The predicted molar refractivity (Wildman–Crippen MR) is 83.9 cm³/mol. The Morgan fingerprint density at radius 2 is 2.05 bits per heavy atom. The molecular formula is C17H28N2. The number of nitrogens with one attached hydrogen (secondary N) is 1. The molecule has 1 atom stereocenters. The SMILES string of the molecule is CCCN1CCCC(Nc2ccc(C)cc2C)CC1. The van der Waals surface area contributed by atoms with Crippen molar-refractivity contribution in [3.8, 4) is 0 Å². The van der Waals surface area contributed by atoms with E-state index in [1.54, 1.807) is 0 Å². The minimum atomic E-state index is 0.642. The molecule has 1 aliphatic rings. The standard InChI is InChI=1S/C17H28N2/c1-4-10-19-11-5-6-16(9-12-19)18-17-8-7-14(2)13-15(17)3/h7-8,13,16,18H,4-6,9-12H2,1-3H3. The Hall–Kier alpha value is -1.02. The van der Waals surface area contributed by atoms with Gasteiger partial charge in [-0.05, 0) is 64.3 Å². The van der Waals surface area contributed by atoms with Gasteiger partial charge in [-0.25, -0.2) is 0 Å². The molecule has 1 aliphatic heterocycles. The van der Waals surface area contributed by atoms with Gasteiger partial charge in [0.1, 0.15) is 0 Å². The summed E-state index contributed by atoms with van der Waals surface area (Å²) in [6, 6.07) is 7.35. The Bertz CT molecular complexity index is 400. The minimum absolute atomic E-state index is 0.642. The summed E-state index contributed by atoms with van der Waals surface area (Å²) in [5, 5.41) is 3.75. The molecule has 0 radical (unpaired) electrons. The van der Waals surface area contributed by atoms with Crippen molar-refractivity contribution < 1.29 is 0 Å². The quantitative estimate of drug-likeness (QED) is 0.881. The van der Waals surface area contributed by atoms with Crippen LogP contribution in [0.3, 0.4) is 0 Å². The molecule has 1 aromatic carbocycles. The molecule has 0 saturated carbocycles. The first kappa shape index (κ1) is 14.4. The van der Waals surface area contributed by atoms with Crippen LogP contribution in [-0.2, 0) is 0 Å². The Morgan fingerprint density at radius 1 is 1.21 bits per heavy atom. The van der Waals surface area contributed by atoms with Gasteiger partial charge in [0.2, 0.25) is 0 Å². The maximum absolute atomic E-state index is 3.75. The summed E-state index contributed by atoms with van der Waals surface area (Å²) in [6.45, 7) is 10.4. The largest absolute Gasteiger partial charge is 0.382 e. The second kappa shape index (κ2) is 6.95. The van der Waals surface area contributed by atoms with Crippen LogP contribution >= 0.6 is 0 Å². The fourth-order valence-corrected chi connectivity index (χ4v) is 3.04. The third kappa shape index (κ3) is 4.24. The second-order valence-corrected chi connectivity index (χ2v) is 5.93. The molecule has 1 unspecified atom stereocenters. The topological polar surface area (TPSA) is 15.3 Å². The molecule has 2 rings (SSSR count). The van der Waals surface area contributed by atoms with Gasteiger partial charge in [0.05, 0.1) is 0 Å². The van der Waals surface area contributed by atoms with E-state index >= 15 is 0 Å². The van der Waals surface area contributed by atoms with Gasteiger partial charge in [-0.3, -0.25) is 0 Å². The van der Waals surface area contributed by atoms with Crippen molar-refractivity contribution in [3.05, 3.63) is 29.3 Å². The van der Waals surface area contributed by atoms with Crippen LogP contribution in [-0.4, -0.2) is 30.6 Å². The van der Waals surface area contributed by atoms with Gasteiger partial charge < -0.3 is 10.2 Å². The lowest BCUT2D eigenvalue weighted by atomic mass is 10.1. The maximum atomic E-state index is 3.75. The van der Waals surface area contributed by atoms with Crippen molar-refractivity contribution in [1.82, 2.24) is 4.90 Å². The predicted octanol–water partition coefficient (Wildman–Crippen LogP) is 3.98. The first-order valence-electron chi connectivity index (χ1n) is 7.75. The summed E-state index contributed by atoms with van der Waals surface area (Å²) in [7, 11) is 0. The molecule has 2 nitrogen and oxygen atoms in total. The number of nitrogens with zero attached hydrogens (tertiary/aromatic N) is 1. The number of aryl methyl sites for hydroxylation is 2. The van der Waals surface area contributed by atoms with Crippen LogP contribution in [0.15, 0.2) is 18.2 Å². The average molecular weight is 260 g/mol. The zero-order valence-electron chi connectivity index (χ0n) is 12.7. The van der Waals surface area contributed by atoms with Gasteiger partial charge in [0.25, 0.3) is 0 Å². The highest BCUT2D eigenvalue weighted by molar-refractivity contribution is 5.52. The number of benzene rings is 1. The molecule has 1 N–H and O–H groups in total. The molecule has 1 aromatic rings. The van der Waals surface area contributed by atoms with E-state index in [2.05, 4.69) is 49.2 Å². The number of hydrogen-bond donors (Lipinski definition) is 1. The van der Waals surface area contributed by atoms with Crippen molar-refractivity contribution in [2.75, 3.05) is 25.0 Å². The molecule has 0 spiro atoms. The molecule has 1 saturated heterocycles. The van der Waals surface area contributed by atoms with E-state index in [0.29, 0.717) is 6.04 Å². The van der Waals surface area contributed by atoms with Gasteiger partial charge in [0.15, 0.2) is 0 Å². The number of anilines is 1. The first-order valence-corrected chi connectivity index (χ1v) is 7.75. The highest BCUT2D eigenvalue weighted by Gasteiger charge is 2.16. The molecule has 1 fully saturated rings. The monoisotopic (exact) mass is 260 g/mol. The van der Waals surface area contributed by atoms with E-state index in [1.807, 2.05) is 0 Å². The molecule has 2 heteroatoms. The van der Waals surface area contributed by atoms with E-state index in [1.165, 1.54) is 62.1 Å².